The van der Waals surface area contributed by atoms with Crippen molar-refractivity contribution in [1.82, 2.24) is 10.2 Å². The van der Waals surface area contributed by atoms with Crippen LogP contribution in [0.2, 0.25) is 0 Å². The third kappa shape index (κ3) is 7.30. The summed E-state index contributed by atoms with van der Waals surface area (Å²) in [6, 6.07) is -1.24. The van der Waals surface area contributed by atoms with Gasteiger partial charge < -0.3 is 20.7 Å². The lowest BCUT2D eigenvalue weighted by atomic mass is 10.3. The molecular formula is C8H16F3N3O2. The molecule has 1 unspecified atom stereocenters. The van der Waals surface area contributed by atoms with Crippen LogP contribution in [0.4, 0.5) is 18.0 Å². The van der Waals surface area contributed by atoms with Gasteiger partial charge >= 0.3 is 12.2 Å². The van der Waals surface area contributed by atoms with E-state index in [2.05, 4.69) is 0 Å². The minimum absolute atomic E-state index is 0.123. The second kappa shape index (κ2) is 6.54. The molecule has 8 heteroatoms. The van der Waals surface area contributed by atoms with Crippen LogP contribution in [0.15, 0.2) is 0 Å². The minimum Gasteiger partial charge on any atom is -0.383 e. The average Bonchev–Trinajstić information content (AvgIpc) is 2.13. The van der Waals surface area contributed by atoms with Crippen LogP contribution in [0.25, 0.3) is 0 Å². The predicted octanol–water partition coefficient (Wildman–Crippen LogP) is 0.164. The molecule has 0 aromatic heterocycles. The quantitative estimate of drug-likeness (QED) is 0.723. The number of nitrogens with zero attached hydrogens (tertiary/aromatic N) is 1. The molecule has 96 valence electrons. The Kier molecular flexibility index (Phi) is 6.12. The monoisotopic (exact) mass is 243 g/mol. The van der Waals surface area contributed by atoms with E-state index >= 15 is 0 Å². The van der Waals surface area contributed by atoms with Crippen LogP contribution in [0.3, 0.4) is 0 Å². The van der Waals surface area contributed by atoms with E-state index in [0.717, 1.165) is 4.90 Å². The number of halogens is 3. The van der Waals surface area contributed by atoms with Crippen molar-refractivity contribution >= 4 is 6.03 Å². The molecule has 0 bridgehead atoms. The smallest absolute Gasteiger partial charge is 0.383 e. The Morgan fingerprint density at radius 1 is 1.56 bits per heavy atom. The summed E-state index contributed by atoms with van der Waals surface area (Å²) in [7, 11) is 2.81. The third-order valence-electron chi connectivity index (χ3n) is 1.68. The first-order chi connectivity index (χ1) is 7.26. The number of urea groups is 1. The summed E-state index contributed by atoms with van der Waals surface area (Å²) in [6.45, 7) is -0.996. The van der Waals surface area contributed by atoms with Crippen LogP contribution >= 0.6 is 0 Å². The van der Waals surface area contributed by atoms with E-state index in [1.807, 2.05) is 0 Å². The number of alkyl halides is 3. The van der Waals surface area contributed by atoms with Gasteiger partial charge in [-0.2, -0.15) is 13.2 Å². The zero-order valence-electron chi connectivity index (χ0n) is 9.17. The highest BCUT2D eigenvalue weighted by Gasteiger charge is 2.28. The van der Waals surface area contributed by atoms with Crippen LogP contribution in [-0.2, 0) is 4.74 Å². The van der Waals surface area contributed by atoms with E-state index in [0.29, 0.717) is 0 Å². The number of carbonyl (C=O) groups is 1. The normalized spacial score (nSPS) is 13.4. The fraction of sp³-hybridized carbons (Fsp3) is 0.875. The second-order valence-corrected chi connectivity index (χ2v) is 3.37. The first-order valence-electron chi connectivity index (χ1n) is 4.56. The Balaban J connectivity index is 3.90. The molecule has 0 aliphatic rings. The van der Waals surface area contributed by atoms with E-state index in [4.69, 9.17) is 10.5 Å². The first-order valence-corrected chi connectivity index (χ1v) is 4.56. The number of carbonyl (C=O) groups excluding carboxylic acids is 1. The van der Waals surface area contributed by atoms with Crippen molar-refractivity contribution < 1.29 is 22.7 Å². The van der Waals surface area contributed by atoms with Gasteiger partial charge in [0, 0.05) is 26.7 Å². The number of rotatable bonds is 5. The molecule has 0 aliphatic carbocycles. The van der Waals surface area contributed by atoms with Gasteiger partial charge in [0.15, 0.2) is 0 Å². The van der Waals surface area contributed by atoms with Crippen molar-refractivity contribution in [2.45, 2.75) is 12.2 Å². The summed E-state index contributed by atoms with van der Waals surface area (Å²) in [6.07, 6.45) is -4.41. The van der Waals surface area contributed by atoms with Crippen molar-refractivity contribution in [3.05, 3.63) is 0 Å². The lowest BCUT2D eigenvalue weighted by Gasteiger charge is -2.21. The van der Waals surface area contributed by atoms with Crippen molar-refractivity contribution in [3.8, 4) is 0 Å². The van der Waals surface area contributed by atoms with Gasteiger partial charge in [-0.25, -0.2) is 4.79 Å². The lowest BCUT2D eigenvalue weighted by molar-refractivity contribution is -0.123. The Hall–Kier alpha value is -1.02. The number of nitrogens with two attached hydrogens (primary N) is 1. The third-order valence-corrected chi connectivity index (χ3v) is 1.68. The number of ether oxygens (including phenoxy) is 1. The Morgan fingerprint density at radius 3 is 2.56 bits per heavy atom. The summed E-state index contributed by atoms with van der Waals surface area (Å²) >= 11 is 0. The van der Waals surface area contributed by atoms with Crippen molar-refractivity contribution in [1.29, 1.82) is 0 Å². The number of hydrogen-bond acceptors (Lipinski definition) is 3. The van der Waals surface area contributed by atoms with Gasteiger partial charge in [-0.05, 0) is 0 Å². The molecule has 0 radical (unpaired) electrons. The summed E-state index contributed by atoms with van der Waals surface area (Å²) in [5.41, 5.74) is 5.54. The molecule has 0 aromatic carbocycles. The van der Waals surface area contributed by atoms with Crippen LogP contribution in [0, 0.1) is 0 Å². The van der Waals surface area contributed by atoms with Crippen LogP contribution in [0.5, 0.6) is 0 Å². The largest absolute Gasteiger partial charge is 0.405 e. The highest BCUT2D eigenvalue weighted by molar-refractivity contribution is 5.73. The highest BCUT2D eigenvalue weighted by atomic mass is 19.4. The molecule has 2 amide bonds. The highest BCUT2D eigenvalue weighted by Crippen LogP contribution is 2.12. The number of methoxy groups -OCH3 is 1. The molecular weight excluding hydrogens is 227 g/mol. The van der Waals surface area contributed by atoms with Crippen molar-refractivity contribution in [3.63, 3.8) is 0 Å². The Morgan fingerprint density at radius 2 is 2.12 bits per heavy atom. The van der Waals surface area contributed by atoms with Crippen molar-refractivity contribution in [2.24, 2.45) is 5.73 Å². The molecule has 0 heterocycles. The van der Waals surface area contributed by atoms with Gasteiger partial charge in [-0.3, -0.25) is 0 Å². The fourth-order valence-electron chi connectivity index (χ4n) is 1.01. The van der Waals surface area contributed by atoms with E-state index in [1.54, 1.807) is 5.32 Å². The van der Waals surface area contributed by atoms with Crippen molar-refractivity contribution in [2.75, 3.05) is 33.9 Å². The summed E-state index contributed by atoms with van der Waals surface area (Å²) in [4.78, 5) is 12.2. The van der Waals surface area contributed by atoms with Gasteiger partial charge in [-0.15, -0.1) is 0 Å². The maximum atomic E-state index is 11.8. The molecule has 5 nitrogen and oxygen atoms in total. The standard InChI is InChI=1S/C8H16F3N3O2/c1-14(3-6(12)4-16-2)7(15)13-5-8(9,10)11/h6H,3-5,12H2,1-2H3,(H,13,15). The zero-order chi connectivity index (χ0) is 12.8. The van der Waals surface area contributed by atoms with Gasteiger partial charge in [0.25, 0.3) is 0 Å². The molecule has 0 aliphatic heterocycles. The molecule has 1 atom stereocenters. The molecule has 0 saturated heterocycles. The van der Waals surface area contributed by atoms with E-state index in [9.17, 15) is 18.0 Å². The Bertz CT molecular complexity index is 223. The molecule has 3 N–H and O–H groups in total. The number of hydrogen-bond donors (Lipinski definition) is 2. The molecule has 16 heavy (non-hydrogen) atoms. The molecule has 0 fully saturated rings. The van der Waals surface area contributed by atoms with Crippen LogP contribution in [0.1, 0.15) is 0 Å². The van der Waals surface area contributed by atoms with E-state index < -0.39 is 24.8 Å². The van der Waals surface area contributed by atoms with E-state index in [1.165, 1.54) is 14.2 Å². The molecule has 0 aromatic rings. The van der Waals surface area contributed by atoms with Gasteiger partial charge in [0.2, 0.25) is 0 Å². The minimum atomic E-state index is -4.41. The van der Waals surface area contributed by atoms with E-state index in [-0.39, 0.29) is 13.2 Å². The van der Waals surface area contributed by atoms with Gasteiger partial charge in [-0.1, -0.05) is 0 Å². The van der Waals surface area contributed by atoms with Crippen LogP contribution < -0.4 is 11.1 Å². The molecule has 0 spiro atoms. The zero-order valence-corrected chi connectivity index (χ0v) is 9.17. The summed E-state index contributed by atoms with van der Waals surface area (Å²) < 4.78 is 40.1. The summed E-state index contributed by atoms with van der Waals surface area (Å²) in [5, 5.41) is 1.74. The first kappa shape index (κ1) is 15.0. The number of nitrogens with one attached hydrogen (secondary N) is 1. The molecule has 0 rings (SSSR count). The number of likely N-dealkylation sites (N-methyl/N-ethyl adjacent to an activating group) is 1. The van der Waals surface area contributed by atoms with Gasteiger partial charge in [0.05, 0.1) is 6.61 Å². The maximum absolute atomic E-state index is 11.8. The van der Waals surface area contributed by atoms with Crippen LogP contribution in [-0.4, -0.2) is 57.0 Å². The fourth-order valence-corrected chi connectivity index (χ4v) is 1.01. The maximum Gasteiger partial charge on any atom is 0.405 e. The average molecular weight is 243 g/mol. The number of amides is 2. The van der Waals surface area contributed by atoms with Gasteiger partial charge in [0.1, 0.15) is 6.54 Å². The predicted molar refractivity (Wildman–Crippen MR) is 51.9 cm³/mol. The summed E-state index contributed by atoms with van der Waals surface area (Å²) in [5.74, 6) is 0. The Labute approximate surface area is 91.7 Å². The topological polar surface area (TPSA) is 67.6 Å². The second-order valence-electron chi connectivity index (χ2n) is 3.37. The lowest BCUT2D eigenvalue weighted by Crippen LogP contribution is -2.47. The molecule has 0 saturated carbocycles. The SMILES string of the molecule is COCC(N)CN(C)C(=O)NCC(F)(F)F.